The normalized spacial score (nSPS) is 8.67. The van der Waals surface area contributed by atoms with Gasteiger partial charge in [0.1, 0.15) is 13.0 Å². The first-order valence-electron chi connectivity index (χ1n) is 3.39. The zero-order valence-corrected chi connectivity index (χ0v) is 6.70. The summed E-state index contributed by atoms with van der Waals surface area (Å²) >= 11 is 0. The molecule has 0 aromatic carbocycles. The van der Waals surface area contributed by atoms with Crippen LogP contribution in [0.4, 0.5) is 0 Å². The van der Waals surface area contributed by atoms with E-state index < -0.39 is 18.4 Å². The van der Waals surface area contributed by atoms with Gasteiger partial charge in [0.05, 0.1) is 6.07 Å². The van der Waals surface area contributed by atoms with Gasteiger partial charge < -0.3 is 9.47 Å². The molecule has 0 aliphatic carbocycles. The van der Waals surface area contributed by atoms with Gasteiger partial charge in [-0.25, -0.2) is 4.79 Å². The van der Waals surface area contributed by atoms with Gasteiger partial charge in [0, 0.05) is 6.61 Å². The lowest BCUT2D eigenvalue weighted by Crippen LogP contribution is -2.16. The first-order valence-corrected chi connectivity index (χ1v) is 3.39. The fourth-order valence-electron chi connectivity index (χ4n) is 0.442. The molecule has 0 rings (SSSR count). The molecule has 0 aromatic rings. The van der Waals surface area contributed by atoms with E-state index in [4.69, 9.17) is 5.26 Å². The van der Waals surface area contributed by atoms with Crippen LogP contribution in [0.2, 0.25) is 0 Å². The number of ether oxygens (including phenoxy) is 2. The van der Waals surface area contributed by atoms with E-state index in [0.29, 0.717) is 6.61 Å². The van der Waals surface area contributed by atoms with Gasteiger partial charge in [-0.3, -0.25) is 4.79 Å². The van der Waals surface area contributed by atoms with Crippen LogP contribution in [-0.2, 0) is 19.1 Å². The van der Waals surface area contributed by atoms with Crippen LogP contribution in [0.1, 0.15) is 13.3 Å². The quantitative estimate of drug-likeness (QED) is 0.439. The van der Waals surface area contributed by atoms with Crippen molar-refractivity contribution < 1.29 is 19.1 Å². The number of hydrogen-bond donors (Lipinski definition) is 0. The lowest BCUT2D eigenvalue weighted by Gasteiger charge is -1.99. The van der Waals surface area contributed by atoms with Crippen molar-refractivity contribution in [1.82, 2.24) is 0 Å². The molecule has 0 aliphatic heterocycles. The minimum atomic E-state index is -0.845. The number of nitrogens with zero attached hydrogens (tertiary/aromatic N) is 1. The molecule has 12 heavy (non-hydrogen) atoms. The topological polar surface area (TPSA) is 76.4 Å². The molecule has 5 nitrogen and oxygen atoms in total. The maximum absolute atomic E-state index is 10.6. The van der Waals surface area contributed by atoms with E-state index in [-0.39, 0.29) is 6.61 Å². The smallest absolute Gasteiger partial charge is 0.339 e. The van der Waals surface area contributed by atoms with Gasteiger partial charge in [-0.1, -0.05) is 0 Å². The second kappa shape index (κ2) is 6.31. The van der Waals surface area contributed by atoms with E-state index in [0.717, 1.165) is 0 Å². The molecule has 0 aliphatic rings. The number of rotatable bonds is 4. The van der Waals surface area contributed by atoms with Crippen LogP contribution in [0.5, 0.6) is 0 Å². The Hall–Kier alpha value is -1.41. The van der Waals surface area contributed by atoms with Gasteiger partial charge in [0.25, 0.3) is 0 Å². The summed E-state index contributed by atoms with van der Waals surface area (Å²) in [6.45, 7) is 1.83. The Labute approximate surface area is 69.9 Å². The van der Waals surface area contributed by atoms with E-state index in [1.165, 1.54) is 0 Å². The molecule has 0 saturated carbocycles. The summed E-state index contributed by atoms with van der Waals surface area (Å²) in [6, 6.07) is 1.56. The number of nitriles is 1. The van der Waals surface area contributed by atoms with Crippen molar-refractivity contribution in [1.29, 1.82) is 5.26 Å². The maximum atomic E-state index is 10.6. The molecule has 0 bridgehead atoms. The van der Waals surface area contributed by atoms with Gasteiger partial charge in [-0.2, -0.15) is 5.26 Å². The summed E-state index contributed by atoms with van der Waals surface area (Å²) in [6.07, 6.45) is -0.419. The Bertz CT molecular complexity index is 206. The molecule has 0 spiro atoms. The first kappa shape index (κ1) is 10.6. The zero-order valence-electron chi connectivity index (χ0n) is 6.70. The molecule has 66 valence electrons. The fraction of sp³-hybridized carbons (Fsp3) is 0.571. The third-order valence-electron chi connectivity index (χ3n) is 0.875. The van der Waals surface area contributed by atoms with Crippen LogP contribution in [0.25, 0.3) is 0 Å². The standard InChI is InChI=1S/C7H9NO4/c1-2-11-5-7(10)12-6(9)3-4-8/h2-3,5H2,1H3. The van der Waals surface area contributed by atoms with Crippen molar-refractivity contribution >= 4 is 11.9 Å². The molecule has 0 saturated heterocycles. The van der Waals surface area contributed by atoms with Crippen LogP contribution < -0.4 is 0 Å². The van der Waals surface area contributed by atoms with Crippen molar-refractivity contribution in [3.63, 3.8) is 0 Å². The monoisotopic (exact) mass is 171 g/mol. The van der Waals surface area contributed by atoms with Crippen LogP contribution in [-0.4, -0.2) is 25.2 Å². The van der Waals surface area contributed by atoms with Crippen LogP contribution in [0.15, 0.2) is 0 Å². The molecule has 0 amide bonds. The van der Waals surface area contributed by atoms with Crippen molar-refractivity contribution in [2.45, 2.75) is 13.3 Å². The van der Waals surface area contributed by atoms with Crippen LogP contribution in [0, 0.1) is 11.3 Å². The Morgan fingerprint density at radius 1 is 1.42 bits per heavy atom. The minimum absolute atomic E-state index is 0.256. The minimum Gasteiger partial charge on any atom is -0.391 e. The van der Waals surface area contributed by atoms with E-state index >= 15 is 0 Å². The van der Waals surface area contributed by atoms with Crippen molar-refractivity contribution in [2.24, 2.45) is 0 Å². The molecule has 0 aromatic heterocycles. The molecule has 0 fully saturated rings. The number of hydrogen-bond acceptors (Lipinski definition) is 5. The van der Waals surface area contributed by atoms with E-state index in [2.05, 4.69) is 9.47 Å². The summed E-state index contributed by atoms with van der Waals surface area (Å²) in [5.74, 6) is -1.61. The second-order valence-electron chi connectivity index (χ2n) is 1.82. The Balaban J connectivity index is 3.56. The molecular formula is C7H9NO4. The lowest BCUT2D eigenvalue weighted by atomic mass is 10.5. The molecule has 0 radical (unpaired) electrons. The van der Waals surface area contributed by atoms with E-state index in [9.17, 15) is 9.59 Å². The van der Waals surface area contributed by atoms with Gasteiger partial charge in [0.15, 0.2) is 0 Å². The van der Waals surface area contributed by atoms with E-state index in [1.807, 2.05) is 0 Å². The average molecular weight is 171 g/mol. The highest BCUT2D eigenvalue weighted by atomic mass is 16.6. The third kappa shape index (κ3) is 5.38. The van der Waals surface area contributed by atoms with Gasteiger partial charge in [-0.15, -0.1) is 0 Å². The summed E-state index contributed by atoms with van der Waals surface area (Å²) in [7, 11) is 0. The van der Waals surface area contributed by atoms with Crippen LogP contribution >= 0.6 is 0 Å². The van der Waals surface area contributed by atoms with Crippen molar-refractivity contribution in [2.75, 3.05) is 13.2 Å². The van der Waals surface area contributed by atoms with E-state index in [1.54, 1.807) is 13.0 Å². The summed E-state index contributed by atoms with van der Waals surface area (Å²) < 4.78 is 8.83. The Kier molecular flexibility index (Phi) is 5.57. The molecule has 5 heteroatoms. The SMILES string of the molecule is CCOCC(=O)OC(=O)CC#N. The number of carbonyl (C=O) groups excluding carboxylic acids is 2. The maximum Gasteiger partial charge on any atom is 0.339 e. The largest absolute Gasteiger partial charge is 0.391 e. The highest BCUT2D eigenvalue weighted by Gasteiger charge is 2.08. The predicted octanol–water partition coefficient (Wildman–Crippen LogP) is 0.00638. The molecule has 0 atom stereocenters. The second-order valence-corrected chi connectivity index (χ2v) is 1.82. The van der Waals surface area contributed by atoms with Gasteiger partial charge in [0.2, 0.25) is 0 Å². The zero-order chi connectivity index (χ0) is 9.40. The third-order valence-corrected chi connectivity index (χ3v) is 0.875. The molecule has 0 N–H and O–H groups in total. The van der Waals surface area contributed by atoms with Gasteiger partial charge in [-0.05, 0) is 6.92 Å². The summed E-state index contributed by atoms with van der Waals surface area (Å²) in [5.41, 5.74) is 0. The summed E-state index contributed by atoms with van der Waals surface area (Å²) in [5, 5.41) is 8.03. The summed E-state index contributed by atoms with van der Waals surface area (Å²) in [4.78, 5) is 21.1. The lowest BCUT2D eigenvalue weighted by molar-refractivity contribution is -0.162. The Morgan fingerprint density at radius 3 is 2.58 bits per heavy atom. The molecule has 0 heterocycles. The molecule has 0 unspecified atom stereocenters. The first-order chi connectivity index (χ1) is 5.70. The Morgan fingerprint density at radius 2 is 2.08 bits per heavy atom. The average Bonchev–Trinajstić information content (AvgIpc) is 2.01. The van der Waals surface area contributed by atoms with Crippen LogP contribution in [0.3, 0.4) is 0 Å². The predicted molar refractivity (Wildman–Crippen MR) is 37.8 cm³/mol. The number of carbonyl (C=O) groups is 2. The number of esters is 2. The fourth-order valence-corrected chi connectivity index (χ4v) is 0.442. The van der Waals surface area contributed by atoms with Gasteiger partial charge >= 0.3 is 11.9 Å². The molecular weight excluding hydrogens is 162 g/mol. The highest BCUT2D eigenvalue weighted by Crippen LogP contribution is 1.86. The van der Waals surface area contributed by atoms with Crippen molar-refractivity contribution in [3.05, 3.63) is 0 Å². The highest BCUT2D eigenvalue weighted by molar-refractivity contribution is 5.86. The van der Waals surface area contributed by atoms with Crippen molar-refractivity contribution in [3.8, 4) is 6.07 Å².